The van der Waals surface area contributed by atoms with Gasteiger partial charge in [0.25, 0.3) is 0 Å². The van der Waals surface area contributed by atoms with Crippen LogP contribution in [0.1, 0.15) is 58.3 Å². The third-order valence-corrected chi connectivity index (χ3v) is 5.22. The minimum absolute atomic E-state index is 0.0321. The molecule has 1 aliphatic heterocycles. The van der Waals surface area contributed by atoms with Gasteiger partial charge in [-0.3, -0.25) is 4.79 Å². The quantitative estimate of drug-likeness (QED) is 0.831. The van der Waals surface area contributed by atoms with E-state index in [0.717, 1.165) is 51.5 Å². The van der Waals surface area contributed by atoms with E-state index in [4.69, 9.17) is 5.73 Å². The highest BCUT2D eigenvalue weighted by Gasteiger charge is 2.34. The van der Waals surface area contributed by atoms with Crippen molar-refractivity contribution in [2.24, 2.45) is 17.6 Å². The van der Waals surface area contributed by atoms with E-state index in [1.807, 2.05) is 4.90 Å². The van der Waals surface area contributed by atoms with E-state index in [9.17, 15) is 9.90 Å². The largest absolute Gasteiger partial charge is 0.394 e. The van der Waals surface area contributed by atoms with Crippen LogP contribution >= 0.6 is 0 Å². The lowest BCUT2D eigenvalue weighted by Crippen LogP contribution is -2.47. The van der Waals surface area contributed by atoms with Crippen molar-refractivity contribution < 1.29 is 9.90 Å². The van der Waals surface area contributed by atoms with Gasteiger partial charge in [0.2, 0.25) is 5.91 Å². The minimum atomic E-state index is 0.0321. The molecule has 1 heterocycles. The SMILES string of the molecule is CC(C(=O)N1CCCCCC1CO)C1CCCC(N)C1. The monoisotopic (exact) mass is 282 g/mol. The normalized spacial score (nSPS) is 33.5. The molecule has 1 aliphatic carbocycles. The number of hydrogen-bond acceptors (Lipinski definition) is 3. The van der Waals surface area contributed by atoms with Gasteiger partial charge in [-0.15, -0.1) is 0 Å². The smallest absolute Gasteiger partial charge is 0.226 e. The Kier molecular flexibility index (Phi) is 5.85. The molecule has 3 N–H and O–H groups in total. The molecule has 20 heavy (non-hydrogen) atoms. The minimum Gasteiger partial charge on any atom is -0.394 e. The van der Waals surface area contributed by atoms with Crippen LogP contribution in [-0.2, 0) is 4.79 Å². The van der Waals surface area contributed by atoms with Crippen molar-refractivity contribution in [3.63, 3.8) is 0 Å². The second-order valence-electron chi connectivity index (χ2n) is 6.69. The van der Waals surface area contributed by atoms with E-state index in [-0.39, 0.29) is 30.5 Å². The maximum absolute atomic E-state index is 12.8. The lowest BCUT2D eigenvalue weighted by molar-refractivity contribution is -0.140. The number of nitrogens with zero attached hydrogens (tertiary/aromatic N) is 1. The fourth-order valence-electron chi connectivity index (χ4n) is 3.84. The highest BCUT2D eigenvalue weighted by Crippen LogP contribution is 2.31. The Morgan fingerprint density at radius 1 is 1.25 bits per heavy atom. The van der Waals surface area contributed by atoms with Crippen LogP contribution in [0.3, 0.4) is 0 Å². The zero-order valence-electron chi connectivity index (χ0n) is 12.8. The second-order valence-corrected chi connectivity index (χ2v) is 6.69. The Hall–Kier alpha value is -0.610. The van der Waals surface area contributed by atoms with Gasteiger partial charge in [0.05, 0.1) is 12.6 Å². The van der Waals surface area contributed by atoms with Gasteiger partial charge >= 0.3 is 0 Å². The zero-order valence-corrected chi connectivity index (χ0v) is 12.8. The summed E-state index contributed by atoms with van der Waals surface area (Å²) in [6.07, 6.45) is 8.65. The first-order valence-electron chi connectivity index (χ1n) is 8.30. The van der Waals surface area contributed by atoms with Crippen LogP contribution in [0.25, 0.3) is 0 Å². The Labute approximate surface area is 122 Å². The molecule has 0 bridgehead atoms. The summed E-state index contributed by atoms with van der Waals surface area (Å²) in [6.45, 7) is 2.97. The predicted octanol–water partition coefficient (Wildman–Crippen LogP) is 1.90. The van der Waals surface area contributed by atoms with Gasteiger partial charge in [0, 0.05) is 18.5 Å². The summed E-state index contributed by atoms with van der Waals surface area (Å²) in [4.78, 5) is 14.8. The number of carbonyl (C=O) groups is 1. The molecular formula is C16H30N2O2. The van der Waals surface area contributed by atoms with Crippen molar-refractivity contribution in [3.05, 3.63) is 0 Å². The number of rotatable bonds is 3. The molecule has 116 valence electrons. The fourth-order valence-corrected chi connectivity index (χ4v) is 3.84. The third-order valence-electron chi connectivity index (χ3n) is 5.22. The van der Waals surface area contributed by atoms with E-state index in [0.29, 0.717) is 5.92 Å². The molecule has 2 aliphatic rings. The van der Waals surface area contributed by atoms with Crippen molar-refractivity contribution in [1.82, 2.24) is 4.90 Å². The van der Waals surface area contributed by atoms with Crippen LogP contribution in [-0.4, -0.2) is 41.1 Å². The van der Waals surface area contributed by atoms with Crippen LogP contribution in [0.5, 0.6) is 0 Å². The molecular weight excluding hydrogens is 252 g/mol. The van der Waals surface area contributed by atoms with E-state index >= 15 is 0 Å². The van der Waals surface area contributed by atoms with Crippen molar-refractivity contribution in [1.29, 1.82) is 0 Å². The Balaban J connectivity index is 2.00. The number of likely N-dealkylation sites (tertiary alicyclic amines) is 1. The highest BCUT2D eigenvalue weighted by atomic mass is 16.3. The Morgan fingerprint density at radius 3 is 2.75 bits per heavy atom. The summed E-state index contributed by atoms with van der Waals surface area (Å²) in [5, 5.41) is 9.56. The van der Waals surface area contributed by atoms with E-state index in [1.54, 1.807) is 0 Å². The van der Waals surface area contributed by atoms with Gasteiger partial charge in [-0.2, -0.15) is 0 Å². The predicted molar refractivity (Wildman–Crippen MR) is 80.2 cm³/mol. The maximum atomic E-state index is 12.8. The molecule has 1 saturated carbocycles. The van der Waals surface area contributed by atoms with E-state index in [2.05, 4.69) is 6.92 Å². The lowest BCUT2D eigenvalue weighted by atomic mass is 9.78. The first-order valence-corrected chi connectivity index (χ1v) is 8.30. The molecule has 0 aromatic rings. The standard InChI is InChI=1S/C16H30N2O2/c1-12(13-6-5-7-14(17)10-13)16(20)18-9-4-2-3-8-15(18)11-19/h12-15,19H,2-11,17H2,1H3. The summed E-state index contributed by atoms with van der Waals surface area (Å²) in [5.74, 6) is 0.715. The van der Waals surface area contributed by atoms with Gasteiger partial charge in [0.15, 0.2) is 0 Å². The summed E-state index contributed by atoms with van der Waals surface area (Å²) in [6, 6.07) is 0.298. The molecule has 2 fully saturated rings. The van der Waals surface area contributed by atoms with Crippen LogP contribution < -0.4 is 5.73 Å². The molecule has 1 saturated heterocycles. The molecule has 4 atom stereocenters. The number of hydrogen-bond donors (Lipinski definition) is 2. The molecule has 0 spiro atoms. The number of aliphatic hydroxyl groups excluding tert-OH is 1. The Morgan fingerprint density at radius 2 is 2.05 bits per heavy atom. The summed E-state index contributed by atoms with van der Waals surface area (Å²) < 4.78 is 0. The molecule has 0 aromatic carbocycles. The molecule has 0 radical (unpaired) electrons. The zero-order chi connectivity index (χ0) is 14.5. The van der Waals surface area contributed by atoms with Crippen LogP contribution in [0, 0.1) is 11.8 Å². The Bertz CT molecular complexity index is 322. The van der Waals surface area contributed by atoms with Crippen molar-refractivity contribution in [2.75, 3.05) is 13.2 Å². The number of nitrogens with two attached hydrogens (primary N) is 1. The summed E-state index contributed by atoms with van der Waals surface area (Å²) in [7, 11) is 0. The summed E-state index contributed by atoms with van der Waals surface area (Å²) >= 11 is 0. The van der Waals surface area contributed by atoms with Gasteiger partial charge in [-0.05, 0) is 38.0 Å². The van der Waals surface area contributed by atoms with Crippen molar-refractivity contribution >= 4 is 5.91 Å². The number of carbonyl (C=O) groups excluding carboxylic acids is 1. The molecule has 0 aromatic heterocycles. The first kappa shape index (κ1) is 15.8. The maximum Gasteiger partial charge on any atom is 0.226 e. The number of aliphatic hydroxyl groups is 1. The molecule has 4 nitrogen and oxygen atoms in total. The average molecular weight is 282 g/mol. The van der Waals surface area contributed by atoms with Gasteiger partial charge in [0.1, 0.15) is 0 Å². The first-order chi connectivity index (χ1) is 9.63. The topological polar surface area (TPSA) is 66.6 Å². The number of amides is 1. The third kappa shape index (κ3) is 3.73. The van der Waals surface area contributed by atoms with Crippen LogP contribution in [0.4, 0.5) is 0 Å². The van der Waals surface area contributed by atoms with Crippen LogP contribution in [0.2, 0.25) is 0 Å². The van der Waals surface area contributed by atoms with Crippen LogP contribution in [0.15, 0.2) is 0 Å². The lowest BCUT2D eigenvalue weighted by Gasteiger charge is -2.36. The van der Waals surface area contributed by atoms with E-state index < -0.39 is 0 Å². The molecule has 4 heteroatoms. The van der Waals surface area contributed by atoms with Gasteiger partial charge < -0.3 is 15.7 Å². The van der Waals surface area contributed by atoms with Gasteiger partial charge in [-0.25, -0.2) is 0 Å². The molecule has 1 amide bonds. The second kappa shape index (κ2) is 7.41. The van der Waals surface area contributed by atoms with Crippen molar-refractivity contribution in [2.45, 2.75) is 70.4 Å². The fraction of sp³-hybridized carbons (Fsp3) is 0.938. The average Bonchev–Trinajstić information content (AvgIpc) is 2.70. The molecule has 4 unspecified atom stereocenters. The highest BCUT2D eigenvalue weighted by molar-refractivity contribution is 5.79. The van der Waals surface area contributed by atoms with Gasteiger partial charge in [-0.1, -0.05) is 26.2 Å². The summed E-state index contributed by atoms with van der Waals surface area (Å²) in [5.41, 5.74) is 6.06. The molecule has 2 rings (SSSR count). The van der Waals surface area contributed by atoms with E-state index in [1.165, 1.54) is 6.42 Å². The van der Waals surface area contributed by atoms with Crippen molar-refractivity contribution in [3.8, 4) is 0 Å².